The van der Waals surface area contributed by atoms with Crippen molar-refractivity contribution in [1.29, 1.82) is 0 Å². The number of piperazine rings is 1. The number of rotatable bonds is 3. The van der Waals surface area contributed by atoms with Gasteiger partial charge in [0.25, 0.3) is 0 Å². The Labute approximate surface area is 141 Å². The second kappa shape index (κ2) is 6.59. The number of anilines is 1. The number of urea groups is 1. The van der Waals surface area contributed by atoms with E-state index in [0.29, 0.717) is 5.82 Å². The SMILES string of the molecule is O=C1Nc2ncccc2C(N2CCN(Cc3ccccc3)CC2)N1. The summed E-state index contributed by atoms with van der Waals surface area (Å²) in [5, 5.41) is 5.80. The second-order valence-corrected chi connectivity index (χ2v) is 6.24. The Morgan fingerprint density at radius 2 is 1.83 bits per heavy atom. The summed E-state index contributed by atoms with van der Waals surface area (Å²) in [5.74, 6) is 0.665. The molecule has 2 aliphatic heterocycles. The van der Waals surface area contributed by atoms with Crippen molar-refractivity contribution in [2.75, 3.05) is 31.5 Å². The van der Waals surface area contributed by atoms with Crippen LogP contribution < -0.4 is 10.6 Å². The summed E-state index contributed by atoms with van der Waals surface area (Å²) in [4.78, 5) is 20.9. The lowest BCUT2D eigenvalue weighted by Crippen LogP contribution is -2.53. The van der Waals surface area contributed by atoms with Gasteiger partial charge in [-0.15, -0.1) is 0 Å². The van der Waals surface area contributed by atoms with Gasteiger partial charge in [-0.25, -0.2) is 9.78 Å². The molecule has 1 fully saturated rings. The summed E-state index contributed by atoms with van der Waals surface area (Å²) in [5.41, 5.74) is 2.38. The van der Waals surface area contributed by atoms with E-state index in [1.165, 1.54) is 5.56 Å². The third-order valence-corrected chi connectivity index (χ3v) is 4.65. The Morgan fingerprint density at radius 3 is 2.62 bits per heavy atom. The van der Waals surface area contributed by atoms with Crippen LogP contribution in [0, 0.1) is 0 Å². The van der Waals surface area contributed by atoms with E-state index in [1.807, 2.05) is 18.2 Å². The van der Waals surface area contributed by atoms with Crippen LogP contribution in [0.5, 0.6) is 0 Å². The Balaban J connectivity index is 1.42. The lowest BCUT2D eigenvalue weighted by Gasteiger charge is -2.41. The number of pyridine rings is 1. The number of nitrogens with one attached hydrogen (secondary N) is 2. The van der Waals surface area contributed by atoms with Crippen LogP contribution in [0.4, 0.5) is 10.6 Å². The first-order valence-electron chi connectivity index (χ1n) is 8.32. The molecule has 2 aromatic rings. The fraction of sp³-hybridized carbons (Fsp3) is 0.333. The normalized spacial score (nSPS) is 21.7. The molecule has 2 amide bonds. The molecule has 1 aromatic heterocycles. The van der Waals surface area contributed by atoms with Crippen molar-refractivity contribution in [3.8, 4) is 0 Å². The van der Waals surface area contributed by atoms with Gasteiger partial charge in [0.15, 0.2) is 0 Å². The van der Waals surface area contributed by atoms with E-state index in [9.17, 15) is 4.79 Å². The lowest BCUT2D eigenvalue weighted by atomic mass is 10.1. The van der Waals surface area contributed by atoms with Crippen molar-refractivity contribution >= 4 is 11.8 Å². The van der Waals surface area contributed by atoms with Gasteiger partial charge in [0.1, 0.15) is 12.0 Å². The molecular formula is C18H21N5O. The molecule has 6 heteroatoms. The molecule has 6 nitrogen and oxygen atoms in total. The Morgan fingerprint density at radius 1 is 1.04 bits per heavy atom. The monoisotopic (exact) mass is 323 g/mol. The molecule has 1 atom stereocenters. The molecule has 2 aliphatic rings. The summed E-state index contributed by atoms with van der Waals surface area (Å²) in [6.07, 6.45) is 1.61. The Kier molecular flexibility index (Phi) is 4.15. The maximum atomic E-state index is 11.9. The average Bonchev–Trinajstić information content (AvgIpc) is 2.62. The van der Waals surface area contributed by atoms with Gasteiger partial charge < -0.3 is 5.32 Å². The predicted molar refractivity (Wildman–Crippen MR) is 92.4 cm³/mol. The quantitative estimate of drug-likeness (QED) is 0.907. The molecule has 1 unspecified atom stereocenters. The zero-order chi connectivity index (χ0) is 16.4. The molecule has 124 valence electrons. The van der Waals surface area contributed by atoms with Crippen LogP contribution in [0.1, 0.15) is 17.3 Å². The number of carbonyl (C=O) groups excluding carboxylic acids is 1. The van der Waals surface area contributed by atoms with Crippen molar-refractivity contribution in [2.45, 2.75) is 12.7 Å². The first-order chi connectivity index (χ1) is 11.8. The number of aromatic nitrogens is 1. The van der Waals surface area contributed by atoms with Gasteiger partial charge in [-0.1, -0.05) is 36.4 Å². The number of fused-ring (bicyclic) bond motifs is 1. The number of carbonyl (C=O) groups is 1. The minimum Gasteiger partial charge on any atom is -0.318 e. The molecule has 0 radical (unpaired) electrons. The molecule has 1 aromatic carbocycles. The maximum Gasteiger partial charge on any atom is 0.321 e. The summed E-state index contributed by atoms with van der Waals surface area (Å²) in [6, 6.07) is 14.3. The Hall–Kier alpha value is -2.44. The average molecular weight is 323 g/mol. The van der Waals surface area contributed by atoms with Crippen molar-refractivity contribution in [3.05, 3.63) is 59.8 Å². The van der Waals surface area contributed by atoms with E-state index in [2.05, 4.69) is 49.7 Å². The van der Waals surface area contributed by atoms with E-state index in [0.717, 1.165) is 38.3 Å². The van der Waals surface area contributed by atoms with E-state index >= 15 is 0 Å². The zero-order valence-corrected chi connectivity index (χ0v) is 13.5. The molecule has 0 aliphatic carbocycles. The number of hydrogen-bond acceptors (Lipinski definition) is 4. The molecule has 3 heterocycles. The predicted octanol–water partition coefficient (Wildman–Crippen LogP) is 2.03. The van der Waals surface area contributed by atoms with E-state index < -0.39 is 0 Å². The maximum absolute atomic E-state index is 11.9. The third kappa shape index (κ3) is 3.11. The van der Waals surface area contributed by atoms with Gasteiger partial charge in [-0.3, -0.25) is 15.1 Å². The van der Waals surface area contributed by atoms with Crippen LogP contribution in [0.3, 0.4) is 0 Å². The number of hydrogen-bond donors (Lipinski definition) is 2. The van der Waals surface area contributed by atoms with Crippen LogP contribution in [0.2, 0.25) is 0 Å². The number of benzene rings is 1. The highest BCUT2D eigenvalue weighted by atomic mass is 16.2. The first-order valence-corrected chi connectivity index (χ1v) is 8.32. The first kappa shape index (κ1) is 15.1. The highest BCUT2D eigenvalue weighted by Gasteiger charge is 2.31. The molecule has 0 saturated carbocycles. The minimum atomic E-state index is -0.182. The Bertz CT molecular complexity index is 712. The standard InChI is InChI=1S/C18H21N5O/c24-18-20-16-15(7-4-8-19-16)17(21-18)23-11-9-22(10-12-23)13-14-5-2-1-3-6-14/h1-8,17H,9-13H2,(H2,19,20,21,24). The molecule has 0 spiro atoms. The van der Waals surface area contributed by atoms with Crippen LogP contribution in [0.15, 0.2) is 48.7 Å². The summed E-state index contributed by atoms with van der Waals surface area (Å²) in [6.45, 7) is 4.80. The zero-order valence-electron chi connectivity index (χ0n) is 13.5. The van der Waals surface area contributed by atoms with E-state index in [-0.39, 0.29) is 12.2 Å². The molecular weight excluding hydrogens is 302 g/mol. The van der Waals surface area contributed by atoms with Gasteiger partial charge in [-0.2, -0.15) is 0 Å². The summed E-state index contributed by atoms with van der Waals surface area (Å²) in [7, 11) is 0. The van der Waals surface area contributed by atoms with Crippen molar-refractivity contribution in [1.82, 2.24) is 20.1 Å². The van der Waals surface area contributed by atoms with E-state index in [4.69, 9.17) is 0 Å². The summed E-state index contributed by atoms with van der Waals surface area (Å²) >= 11 is 0. The fourth-order valence-electron chi connectivity index (χ4n) is 3.40. The van der Waals surface area contributed by atoms with Crippen LogP contribution >= 0.6 is 0 Å². The van der Waals surface area contributed by atoms with Crippen LogP contribution in [0.25, 0.3) is 0 Å². The highest BCUT2D eigenvalue weighted by Crippen LogP contribution is 2.28. The van der Waals surface area contributed by atoms with Gasteiger partial charge in [-0.05, 0) is 11.6 Å². The minimum absolute atomic E-state index is 0.0960. The van der Waals surface area contributed by atoms with Gasteiger partial charge in [0.05, 0.1) is 0 Å². The second-order valence-electron chi connectivity index (χ2n) is 6.24. The number of amides is 2. The summed E-state index contributed by atoms with van der Waals surface area (Å²) < 4.78 is 0. The van der Waals surface area contributed by atoms with Gasteiger partial charge in [0.2, 0.25) is 0 Å². The smallest absolute Gasteiger partial charge is 0.318 e. The third-order valence-electron chi connectivity index (χ3n) is 4.65. The van der Waals surface area contributed by atoms with E-state index in [1.54, 1.807) is 6.20 Å². The van der Waals surface area contributed by atoms with Crippen LogP contribution in [-0.2, 0) is 6.54 Å². The topological polar surface area (TPSA) is 60.5 Å². The number of nitrogens with zero attached hydrogens (tertiary/aromatic N) is 3. The molecule has 1 saturated heterocycles. The largest absolute Gasteiger partial charge is 0.321 e. The van der Waals surface area contributed by atoms with Gasteiger partial charge >= 0.3 is 6.03 Å². The van der Waals surface area contributed by atoms with Crippen molar-refractivity contribution in [2.24, 2.45) is 0 Å². The molecule has 0 bridgehead atoms. The van der Waals surface area contributed by atoms with Crippen LogP contribution in [-0.4, -0.2) is 47.0 Å². The fourth-order valence-corrected chi connectivity index (χ4v) is 3.40. The molecule has 24 heavy (non-hydrogen) atoms. The van der Waals surface area contributed by atoms with Gasteiger partial charge in [0, 0.05) is 44.5 Å². The molecule has 4 rings (SSSR count). The highest BCUT2D eigenvalue weighted by molar-refractivity contribution is 5.91. The van der Waals surface area contributed by atoms with Crippen molar-refractivity contribution < 1.29 is 4.79 Å². The lowest BCUT2D eigenvalue weighted by molar-refractivity contribution is 0.0808. The molecule has 2 N–H and O–H groups in total. The van der Waals surface area contributed by atoms with Crippen molar-refractivity contribution in [3.63, 3.8) is 0 Å².